The lowest BCUT2D eigenvalue weighted by Gasteiger charge is -2.56. The van der Waals surface area contributed by atoms with Gasteiger partial charge in [0, 0.05) is 5.54 Å². The van der Waals surface area contributed by atoms with E-state index in [9.17, 15) is 24.4 Å². The van der Waals surface area contributed by atoms with Crippen molar-refractivity contribution in [2.45, 2.75) is 44.1 Å². The number of carbonyl (C=O) groups excluding carboxylic acids is 3. The summed E-state index contributed by atoms with van der Waals surface area (Å²) >= 11 is 0. The van der Waals surface area contributed by atoms with E-state index < -0.39 is 25.7 Å². The van der Waals surface area contributed by atoms with Gasteiger partial charge in [0.25, 0.3) is 5.91 Å². The molecule has 0 saturated heterocycles. The van der Waals surface area contributed by atoms with Crippen LogP contribution in [-0.4, -0.2) is 47.5 Å². The molecule has 4 aliphatic carbocycles. The third-order valence-corrected chi connectivity index (χ3v) is 6.52. The van der Waals surface area contributed by atoms with Gasteiger partial charge >= 0.3 is 13.1 Å². The highest BCUT2D eigenvalue weighted by Crippen LogP contribution is 2.55. The first kappa shape index (κ1) is 19.9. The second-order valence-electron chi connectivity index (χ2n) is 8.74. The normalized spacial score (nSPS) is 29.2. The maximum atomic E-state index is 12.4. The van der Waals surface area contributed by atoms with Crippen molar-refractivity contribution in [1.29, 1.82) is 0 Å². The Morgan fingerprint density at radius 2 is 1.76 bits per heavy atom. The number of benzene rings is 1. The Labute approximate surface area is 169 Å². The van der Waals surface area contributed by atoms with Crippen molar-refractivity contribution in [2.75, 3.05) is 6.61 Å². The summed E-state index contributed by atoms with van der Waals surface area (Å²) in [6, 6.07) is 3.78. The fourth-order valence-corrected chi connectivity index (χ4v) is 5.88. The predicted molar refractivity (Wildman–Crippen MR) is 105 cm³/mol. The van der Waals surface area contributed by atoms with E-state index in [4.69, 9.17) is 4.74 Å². The van der Waals surface area contributed by atoms with Crippen molar-refractivity contribution in [3.05, 3.63) is 23.8 Å². The average Bonchev–Trinajstić information content (AvgIpc) is 2.64. The Balaban J connectivity index is 1.32. The van der Waals surface area contributed by atoms with Crippen LogP contribution in [0.4, 0.5) is 4.79 Å². The van der Waals surface area contributed by atoms with Crippen molar-refractivity contribution in [3.63, 3.8) is 0 Å². The Hall–Kier alpha value is -2.39. The summed E-state index contributed by atoms with van der Waals surface area (Å²) in [5.41, 5.74) is -0.262. The van der Waals surface area contributed by atoms with Crippen LogP contribution in [0.3, 0.4) is 0 Å². The van der Waals surface area contributed by atoms with Crippen molar-refractivity contribution in [3.8, 4) is 5.75 Å². The monoisotopic (exact) mass is 400 g/mol. The molecule has 4 fully saturated rings. The molecule has 1 aromatic carbocycles. The van der Waals surface area contributed by atoms with Crippen molar-refractivity contribution in [2.24, 2.45) is 17.8 Å². The molecule has 0 radical (unpaired) electrons. The van der Waals surface area contributed by atoms with Crippen molar-refractivity contribution >= 4 is 30.8 Å². The van der Waals surface area contributed by atoms with Gasteiger partial charge in [0.1, 0.15) is 5.75 Å². The SMILES string of the molecule is O=Cc1c(OCC(=O)NC(=O)NC23CC4CC(CC(C4)C2)C3)cccc1B(O)O. The standard InChI is InChI=1S/C20H25BN2O6/c24-10-15-16(21(27)28)2-1-3-17(15)29-11-18(25)22-19(26)23-20-7-12-4-13(8-20)6-14(5-12)9-20/h1-3,10,12-14,27-28H,4-9,11H2,(H2,22,23,25,26). The van der Waals surface area contributed by atoms with E-state index in [-0.39, 0.29) is 22.3 Å². The van der Waals surface area contributed by atoms with E-state index >= 15 is 0 Å². The van der Waals surface area contributed by atoms with Gasteiger partial charge in [0.2, 0.25) is 0 Å². The summed E-state index contributed by atoms with van der Waals surface area (Å²) in [7, 11) is -1.83. The maximum Gasteiger partial charge on any atom is 0.489 e. The summed E-state index contributed by atoms with van der Waals surface area (Å²) < 4.78 is 5.33. The molecular weight excluding hydrogens is 375 g/mol. The van der Waals surface area contributed by atoms with Crippen LogP contribution in [0.5, 0.6) is 5.75 Å². The lowest BCUT2D eigenvalue weighted by atomic mass is 9.53. The van der Waals surface area contributed by atoms with Gasteiger partial charge in [-0.05, 0) is 67.8 Å². The summed E-state index contributed by atoms with van der Waals surface area (Å²) in [6.07, 6.45) is 7.16. The zero-order chi connectivity index (χ0) is 20.6. The highest BCUT2D eigenvalue weighted by molar-refractivity contribution is 6.60. The zero-order valence-electron chi connectivity index (χ0n) is 16.1. The first-order valence-electron chi connectivity index (χ1n) is 10.1. The van der Waals surface area contributed by atoms with Gasteiger partial charge in [-0.15, -0.1) is 0 Å². The number of carbonyl (C=O) groups is 3. The Bertz CT molecular complexity index is 792. The molecule has 0 atom stereocenters. The number of imide groups is 1. The quantitative estimate of drug-likeness (QED) is 0.404. The molecule has 0 aliphatic heterocycles. The van der Waals surface area contributed by atoms with Crippen LogP contribution in [0.2, 0.25) is 0 Å². The molecule has 1 aromatic rings. The smallest absolute Gasteiger partial charge is 0.483 e. The Kier molecular flexibility index (Phi) is 5.35. The van der Waals surface area contributed by atoms with E-state index in [0.29, 0.717) is 24.0 Å². The minimum atomic E-state index is -1.83. The highest BCUT2D eigenvalue weighted by Gasteiger charge is 2.51. The summed E-state index contributed by atoms with van der Waals surface area (Å²) in [4.78, 5) is 35.8. The number of hydrogen-bond donors (Lipinski definition) is 4. The van der Waals surface area contributed by atoms with Gasteiger partial charge in [-0.1, -0.05) is 12.1 Å². The van der Waals surface area contributed by atoms with Gasteiger partial charge in [0.05, 0.1) is 5.56 Å². The molecule has 29 heavy (non-hydrogen) atoms. The molecule has 9 heteroatoms. The number of urea groups is 1. The molecule has 8 nitrogen and oxygen atoms in total. The van der Waals surface area contributed by atoms with Crippen LogP contribution < -0.4 is 20.8 Å². The molecule has 4 N–H and O–H groups in total. The minimum absolute atomic E-state index is 0.0162. The maximum absolute atomic E-state index is 12.4. The molecule has 4 aliphatic rings. The third kappa shape index (κ3) is 4.16. The van der Waals surface area contributed by atoms with E-state index in [2.05, 4.69) is 10.6 Å². The summed E-state index contributed by atoms with van der Waals surface area (Å²) in [5.74, 6) is 1.44. The number of hydrogen-bond acceptors (Lipinski definition) is 6. The molecule has 0 heterocycles. The third-order valence-electron chi connectivity index (χ3n) is 6.52. The highest BCUT2D eigenvalue weighted by atomic mass is 16.5. The van der Waals surface area contributed by atoms with Crippen molar-refractivity contribution in [1.82, 2.24) is 10.6 Å². The Morgan fingerprint density at radius 1 is 1.14 bits per heavy atom. The van der Waals surface area contributed by atoms with Gasteiger partial charge in [-0.2, -0.15) is 0 Å². The zero-order valence-corrected chi connectivity index (χ0v) is 16.1. The number of aldehydes is 1. The molecule has 3 amide bonds. The molecule has 0 aromatic heterocycles. The van der Waals surface area contributed by atoms with Crippen LogP contribution in [0.1, 0.15) is 48.9 Å². The second-order valence-corrected chi connectivity index (χ2v) is 8.74. The first-order chi connectivity index (χ1) is 13.9. The fraction of sp³-hybridized carbons (Fsp3) is 0.550. The number of rotatable bonds is 6. The van der Waals surface area contributed by atoms with Crippen LogP contribution in [0.25, 0.3) is 0 Å². The topological polar surface area (TPSA) is 125 Å². The predicted octanol–water partition coefficient (Wildman–Crippen LogP) is 0.352. The van der Waals surface area contributed by atoms with E-state index in [1.165, 1.54) is 37.5 Å². The van der Waals surface area contributed by atoms with Gasteiger partial charge in [0.15, 0.2) is 12.9 Å². The van der Waals surface area contributed by atoms with Crippen molar-refractivity contribution < 1.29 is 29.2 Å². The Morgan fingerprint density at radius 3 is 2.31 bits per heavy atom. The van der Waals surface area contributed by atoms with Gasteiger partial charge in [-0.25, -0.2) is 4.79 Å². The molecule has 5 rings (SSSR count). The van der Waals surface area contributed by atoms with E-state index in [0.717, 1.165) is 19.3 Å². The molecule has 0 unspecified atom stereocenters. The number of amides is 3. The molecule has 4 saturated carbocycles. The molecule has 154 valence electrons. The van der Waals surface area contributed by atoms with Gasteiger partial charge in [-0.3, -0.25) is 14.9 Å². The van der Waals surface area contributed by atoms with Crippen LogP contribution in [-0.2, 0) is 4.79 Å². The number of nitrogens with one attached hydrogen (secondary N) is 2. The van der Waals surface area contributed by atoms with Gasteiger partial charge < -0.3 is 20.1 Å². The molecule has 0 spiro atoms. The van der Waals surface area contributed by atoms with Crippen LogP contribution in [0.15, 0.2) is 18.2 Å². The minimum Gasteiger partial charge on any atom is -0.483 e. The molecule has 4 bridgehead atoms. The number of ether oxygens (including phenoxy) is 1. The second kappa shape index (κ2) is 7.80. The summed E-state index contributed by atoms with van der Waals surface area (Å²) in [5, 5.41) is 24.0. The summed E-state index contributed by atoms with van der Waals surface area (Å²) in [6.45, 7) is -0.472. The lowest BCUT2D eigenvalue weighted by Crippen LogP contribution is -2.62. The first-order valence-corrected chi connectivity index (χ1v) is 10.1. The van der Waals surface area contributed by atoms with Crippen LogP contribution >= 0.6 is 0 Å². The average molecular weight is 400 g/mol. The van der Waals surface area contributed by atoms with E-state index in [1.54, 1.807) is 0 Å². The lowest BCUT2D eigenvalue weighted by molar-refractivity contribution is -0.122. The van der Waals surface area contributed by atoms with Crippen LogP contribution in [0, 0.1) is 17.8 Å². The molecular formula is C20H25BN2O6. The van der Waals surface area contributed by atoms with E-state index in [1.807, 2.05) is 0 Å². The fourth-order valence-electron chi connectivity index (χ4n) is 5.88. The largest absolute Gasteiger partial charge is 0.489 e.